The van der Waals surface area contributed by atoms with Crippen molar-refractivity contribution in [2.45, 2.75) is 19.2 Å². The summed E-state index contributed by atoms with van der Waals surface area (Å²) in [6.07, 6.45) is 0. The van der Waals surface area contributed by atoms with E-state index in [1.165, 1.54) is 4.88 Å². The van der Waals surface area contributed by atoms with Crippen molar-refractivity contribution in [2.75, 3.05) is 0 Å². The van der Waals surface area contributed by atoms with Crippen LogP contribution in [0.25, 0.3) is 0 Å². The first kappa shape index (κ1) is 9.56. The van der Waals surface area contributed by atoms with E-state index in [0.717, 1.165) is 3.79 Å². The van der Waals surface area contributed by atoms with Crippen molar-refractivity contribution < 1.29 is 0 Å². The minimum atomic E-state index is 0.159. The summed E-state index contributed by atoms with van der Waals surface area (Å²) in [6, 6.07) is 4.12. The molecule has 11 heavy (non-hydrogen) atoms. The van der Waals surface area contributed by atoms with Crippen LogP contribution in [-0.2, 0) is 0 Å². The molecule has 0 aromatic carbocycles. The Balaban J connectivity index is 2.76. The van der Waals surface area contributed by atoms with Crippen LogP contribution in [0.3, 0.4) is 0 Å². The zero-order chi connectivity index (χ0) is 8.43. The summed E-state index contributed by atoms with van der Waals surface area (Å²) in [5.41, 5.74) is 0. The maximum atomic E-state index is 6.14. The Kier molecular flexibility index (Phi) is 3.41. The average Bonchev–Trinajstić information content (AvgIpc) is 2.34. The normalized spacial score (nSPS) is 13.9. The van der Waals surface area contributed by atoms with Crippen molar-refractivity contribution in [3.63, 3.8) is 0 Å². The van der Waals surface area contributed by atoms with Gasteiger partial charge in [0.25, 0.3) is 0 Å². The molecule has 1 rings (SSSR count). The molecular weight excluding hydrogens is 244 g/mol. The number of thiophene rings is 1. The SMILES string of the molecule is CC(C)C(Cl)c1ccc(Br)s1. The Labute approximate surface area is 84.7 Å². The van der Waals surface area contributed by atoms with Gasteiger partial charge in [-0.2, -0.15) is 0 Å². The van der Waals surface area contributed by atoms with E-state index in [1.54, 1.807) is 11.3 Å². The van der Waals surface area contributed by atoms with Crippen molar-refractivity contribution in [3.05, 3.63) is 20.8 Å². The van der Waals surface area contributed by atoms with Crippen LogP contribution in [0, 0.1) is 5.92 Å². The molecule has 0 amide bonds. The molecule has 1 aromatic rings. The van der Waals surface area contributed by atoms with Crippen molar-refractivity contribution in [1.29, 1.82) is 0 Å². The molecule has 0 bridgehead atoms. The van der Waals surface area contributed by atoms with E-state index in [-0.39, 0.29) is 5.38 Å². The lowest BCUT2D eigenvalue weighted by Crippen LogP contribution is -1.95. The number of alkyl halides is 1. The largest absolute Gasteiger partial charge is 0.132 e. The average molecular weight is 254 g/mol. The predicted molar refractivity (Wildman–Crippen MR) is 55.5 cm³/mol. The first-order valence-electron chi connectivity index (χ1n) is 3.50. The molecule has 0 fully saturated rings. The van der Waals surface area contributed by atoms with Crippen molar-refractivity contribution >= 4 is 38.9 Å². The highest BCUT2D eigenvalue weighted by molar-refractivity contribution is 9.11. The van der Waals surface area contributed by atoms with Gasteiger partial charge in [0.2, 0.25) is 0 Å². The van der Waals surface area contributed by atoms with Gasteiger partial charge >= 0.3 is 0 Å². The van der Waals surface area contributed by atoms with Gasteiger partial charge in [-0.3, -0.25) is 0 Å². The van der Waals surface area contributed by atoms with E-state index in [4.69, 9.17) is 11.6 Å². The molecule has 0 aliphatic rings. The highest BCUT2D eigenvalue weighted by atomic mass is 79.9. The number of halogens is 2. The van der Waals surface area contributed by atoms with Gasteiger partial charge in [-0.25, -0.2) is 0 Å². The van der Waals surface area contributed by atoms with Crippen LogP contribution in [0.15, 0.2) is 15.9 Å². The van der Waals surface area contributed by atoms with Gasteiger partial charge in [0.1, 0.15) is 0 Å². The van der Waals surface area contributed by atoms with E-state index >= 15 is 0 Å². The summed E-state index contributed by atoms with van der Waals surface area (Å²) >= 11 is 11.3. The summed E-state index contributed by atoms with van der Waals surface area (Å²) in [5.74, 6) is 0.502. The summed E-state index contributed by atoms with van der Waals surface area (Å²) < 4.78 is 1.15. The minimum Gasteiger partial charge on any atom is -0.132 e. The van der Waals surface area contributed by atoms with Gasteiger partial charge in [0.15, 0.2) is 0 Å². The Morgan fingerprint density at radius 2 is 2.09 bits per heavy atom. The minimum absolute atomic E-state index is 0.159. The van der Waals surface area contributed by atoms with E-state index < -0.39 is 0 Å². The van der Waals surface area contributed by atoms with Crippen molar-refractivity contribution in [3.8, 4) is 0 Å². The zero-order valence-electron chi connectivity index (χ0n) is 6.47. The molecule has 0 aliphatic heterocycles. The highest BCUT2D eigenvalue weighted by Crippen LogP contribution is 2.35. The van der Waals surface area contributed by atoms with Crippen molar-refractivity contribution in [2.24, 2.45) is 5.92 Å². The molecule has 62 valence electrons. The van der Waals surface area contributed by atoms with Gasteiger partial charge in [0, 0.05) is 4.88 Å². The Hall–Kier alpha value is 0.470. The van der Waals surface area contributed by atoms with Crippen molar-refractivity contribution in [1.82, 2.24) is 0 Å². The summed E-state index contributed by atoms with van der Waals surface area (Å²) in [6.45, 7) is 4.26. The fourth-order valence-corrected chi connectivity index (χ4v) is 2.59. The van der Waals surface area contributed by atoms with Gasteiger partial charge in [0.05, 0.1) is 9.16 Å². The van der Waals surface area contributed by atoms with E-state index in [0.29, 0.717) is 5.92 Å². The van der Waals surface area contributed by atoms with Crippen LogP contribution in [0.1, 0.15) is 24.1 Å². The molecular formula is C8H10BrClS. The lowest BCUT2D eigenvalue weighted by atomic mass is 10.1. The molecule has 3 heteroatoms. The second-order valence-corrected chi connectivity index (χ2v) is 5.75. The molecule has 0 saturated heterocycles. The van der Waals surface area contributed by atoms with Gasteiger partial charge < -0.3 is 0 Å². The molecule has 0 saturated carbocycles. The summed E-state index contributed by atoms with van der Waals surface area (Å²) in [4.78, 5) is 1.24. The van der Waals surface area contributed by atoms with E-state index in [9.17, 15) is 0 Å². The lowest BCUT2D eigenvalue weighted by molar-refractivity contribution is 0.631. The summed E-state index contributed by atoms with van der Waals surface area (Å²) in [5, 5.41) is 0.159. The van der Waals surface area contributed by atoms with Crippen LogP contribution in [0.5, 0.6) is 0 Å². The van der Waals surface area contributed by atoms with Crippen LogP contribution in [-0.4, -0.2) is 0 Å². The maximum absolute atomic E-state index is 6.14. The molecule has 0 spiro atoms. The lowest BCUT2D eigenvalue weighted by Gasteiger charge is -2.09. The molecule has 0 aliphatic carbocycles. The Morgan fingerprint density at radius 1 is 1.45 bits per heavy atom. The van der Waals surface area contributed by atoms with Crippen LogP contribution in [0.2, 0.25) is 0 Å². The zero-order valence-corrected chi connectivity index (χ0v) is 9.63. The van der Waals surface area contributed by atoms with Gasteiger partial charge in [-0.05, 0) is 34.0 Å². The van der Waals surface area contributed by atoms with Crippen LogP contribution >= 0.6 is 38.9 Å². The smallest absolute Gasteiger partial charge is 0.0701 e. The fraction of sp³-hybridized carbons (Fsp3) is 0.500. The Morgan fingerprint density at radius 3 is 2.45 bits per heavy atom. The second kappa shape index (κ2) is 3.92. The first-order chi connectivity index (χ1) is 5.11. The quantitative estimate of drug-likeness (QED) is 0.683. The molecule has 0 nitrogen and oxygen atoms in total. The second-order valence-electron chi connectivity index (χ2n) is 2.79. The topological polar surface area (TPSA) is 0 Å². The van der Waals surface area contributed by atoms with E-state index in [1.807, 2.05) is 6.07 Å². The Bertz CT molecular complexity index is 232. The van der Waals surface area contributed by atoms with E-state index in [2.05, 4.69) is 35.8 Å². The maximum Gasteiger partial charge on any atom is 0.0701 e. The molecule has 0 radical (unpaired) electrons. The third-order valence-corrected chi connectivity index (χ3v) is 4.03. The number of hydrogen-bond acceptors (Lipinski definition) is 1. The number of hydrogen-bond donors (Lipinski definition) is 0. The van der Waals surface area contributed by atoms with Crippen LogP contribution < -0.4 is 0 Å². The molecule has 1 heterocycles. The van der Waals surface area contributed by atoms with Gasteiger partial charge in [-0.15, -0.1) is 22.9 Å². The summed E-state index contributed by atoms with van der Waals surface area (Å²) in [7, 11) is 0. The number of rotatable bonds is 2. The third-order valence-electron chi connectivity index (χ3n) is 1.45. The van der Waals surface area contributed by atoms with Crippen LogP contribution in [0.4, 0.5) is 0 Å². The predicted octanol–water partition coefficient (Wildman–Crippen LogP) is 4.45. The standard InChI is InChI=1S/C8H10BrClS/c1-5(2)8(10)6-3-4-7(9)11-6/h3-5,8H,1-2H3. The fourth-order valence-electron chi connectivity index (χ4n) is 0.805. The molecule has 0 N–H and O–H groups in total. The van der Waals surface area contributed by atoms with Gasteiger partial charge in [-0.1, -0.05) is 13.8 Å². The third kappa shape index (κ3) is 2.46. The monoisotopic (exact) mass is 252 g/mol. The first-order valence-corrected chi connectivity index (χ1v) is 5.55. The molecule has 1 aromatic heterocycles. The molecule has 1 atom stereocenters. The molecule has 1 unspecified atom stereocenters. The highest BCUT2D eigenvalue weighted by Gasteiger charge is 2.13.